The predicted molar refractivity (Wildman–Crippen MR) is 73.9 cm³/mol. The zero-order valence-electron chi connectivity index (χ0n) is 11.7. The van der Waals surface area contributed by atoms with Gasteiger partial charge in [0.1, 0.15) is 12.4 Å². The summed E-state index contributed by atoms with van der Waals surface area (Å²) in [5.74, 6) is 1.53. The molecule has 0 spiro atoms. The van der Waals surface area contributed by atoms with Crippen LogP contribution in [0.2, 0.25) is 0 Å². The number of ether oxygens (including phenoxy) is 1. The van der Waals surface area contributed by atoms with Crippen molar-refractivity contribution < 1.29 is 4.74 Å². The number of benzene rings is 1. The number of rotatable bonds is 6. The molecule has 1 N–H and O–H groups in total. The Morgan fingerprint density at radius 2 is 1.88 bits per heavy atom. The van der Waals surface area contributed by atoms with E-state index in [0.29, 0.717) is 12.0 Å². The quantitative estimate of drug-likeness (QED) is 0.762. The second kappa shape index (κ2) is 6.65. The first-order chi connectivity index (χ1) is 8.00. The normalized spacial score (nSPS) is 11.2. The average molecular weight is 235 g/mol. The molecule has 1 aromatic carbocycles. The van der Waals surface area contributed by atoms with Gasteiger partial charge in [-0.3, -0.25) is 0 Å². The van der Waals surface area contributed by atoms with Gasteiger partial charge in [-0.05, 0) is 36.1 Å². The highest BCUT2D eigenvalue weighted by molar-refractivity contribution is 5.36. The Labute approximate surface area is 105 Å². The largest absolute Gasteiger partial charge is 0.492 e. The van der Waals surface area contributed by atoms with Gasteiger partial charge in [-0.25, -0.2) is 0 Å². The minimum absolute atomic E-state index is 0.517. The SMILES string of the molecule is Cc1ccc(OCCNC(C)C)cc1C(C)C. The van der Waals surface area contributed by atoms with Crippen LogP contribution < -0.4 is 10.1 Å². The molecule has 96 valence electrons. The van der Waals surface area contributed by atoms with Gasteiger partial charge in [-0.15, -0.1) is 0 Å². The third-order valence-corrected chi connectivity index (χ3v) is 2.80. The summed E-state index contributed by atoms with van der Waals surface area (Å²) in [5, 5.41) is 3.34. The summed E-state index contributed by atoms with van der Waals surface area (Å²) in [5.41, 5.74) is 2.71. The van der Waals surface area contributed by atoms with E-state index in [1.807, 2.05) is 0 Å². The van der Waals surface area contributed by atoms with Crippen LogP contribution >= 0.6 is 0 Å². The molecule has 0 amide bonds. The van der Waals surface area contributed by atoms with Crippen LogP contribution in [0, 0.1) is 6.92 Å². The average Bonchev–Trinajstić information content (AvgIpc) is 2.25. The Kier molecular flexibility index (Phi) is 5.49. The van der Waals surface area contributed by atoms with Gasteiger partial charge < -0.3 is 10.1 Å². The van der Waals surface area contributed by atoms with Crippen molar-refractivity contribution in [1.82, 2.24) is 5.32 Å². The fourth-order valence-corrected chi connectivity index (χ4v) is 1.85. The van der Waals surface area contributed by atoms with Gasteiger partial charge in [0.25, 0.3) is 0 Å². The van der Waals surface area contributed by atoms with E-state index in [2.05, 4.69) is 58.1 Å². The van der Waals surface area contributed by atoms with E-state index in [0.717, 1.165) is 18.9 Å². The van der Waals surface area contributed by atoms with Crippen LogP contribution in [0.1, 0.15) is 44.7 Å². The van der Waals surface area contributed by atoms with Gasteiger partial charge in [0.15, 0.2) is 0 Å². The summed E-state index contributed by atoms with van der Waals surface area (Å²) in [6.45, 7) is 12.5. The third-order valence-electron chi connectivity index (χ3n) is 2.80. The zero-order valence-corrected chi connectivity index (χ0v) is 11.7. The Bertz CT molecular complexity index is 345. The van der Waals surface area contributed by atoms with Crippen molar-refractivity contribution in [2.75, 3.05) is 13.2 Å². The molecule has 0 radical (unpaired) electrons. The number of nitrogens with one attached hydrogen (secondary N) is 1. The summed E-state index contributed by atoms with van der Waals surface area (Å²) in [6.07, 6.45) is 0. The lowest BCUT2D eigenvalue weighted by atomic mass is 9.98. The molecule has 0 unspecified atom stereocenters. The Balaban J connectivity index is 2.51. The van der Waals surface area contributed by atoms with Crippen molar-refractivity contribution in [1.29, 1.82) is 0 Å². The molecule has 0 atom stereocenters. The second-order valence-electron chi connectivity index (χ2n) is 5.13. The molecule has 17 heavy (non-hydrogen) atoms. The van der Waals surface area contributed by atoms with E-state index in [9.17, 15) is 0 Å². The fourth-order valence-electron chi connectivity index (χ4n) is 1.85. The molecule has 0 aliphatic rings. The summed E-state index contributed by atoms with van der Waals surface area (Å²) in [4.78, 5) is 0. The van der Waals surface area contributed by atoms with Gasteiger partial charge in [0.05, 0.1) is 0 Å². The van der Waals surface area contributed by atoms with E-state index < -0.39 is 0 Å². The lowest BCUT2D eigenvalue weighted by Gasteiger charge is -2.13. The van der Waals surface area contributed by atoms with Crippen LogP contribution in [0.5, 0.6) is 5.75 Å². The zero-order chi connectivity index (χ0) is 12.8. The summed E-state index contributed by atoms with van der Waals surface area (Å²) >= 11 is 0. The van der Waals surface area contributed by atoms with Gasteiger partial charge in [0, 0.05) is 12.6 Å². The number of hydrogen-bond acceptors (Lipinski definition) is 2. The van der Waals surface area contributed by atoms with Crippen molar-refractivity contribution in [3.63, 3.8) is 0 Å². The van der Waals surface area contributed by atoms with Crippen LogP contribution in [0.25, 0.3) is 0 Å². The van der Waals surface area contributed by atoms with Crippen LogP contribution in [0.3, 0.4) is 0 Å². The Hall–Kier alpha value is -1.02. The van der Waals surface area contributed by atoms with Crippen molar-refractivity contribution >= 4 is 0 Å². The standard InChI is InChI=1S/C15H25NO/c1-11(2)15-10-14(7-6-13(15)5)17-9-8-16-12(3)4/h6-7,10-12,16H,8-9H2,1-5H3. The van der Waals surface area contributed by atoms with Crippen molar-refractivity contribution in [2.45, 2.75) is 46.6 Å². The predicted octanol–water partition coefficient (Wildman–Crippen LogP) is 3.50. The first-order valence-corrected chi connectivity index (χ1v) is 6.47. The smallest absolute Gasteiger partial charge is 0.119 e. The summed E-state index contributed by atoms with van der Waals surface area (Å²) in [7, 11) is 0. The highest BCUT2D eigenvalue weighted by Gasteiger charge is 2.05. The van der Waals surface area contributed by atoms with Crippen LogP contribution in [-0.4, -0.2) is 19.2 Å². The molecule has 0 aliphatic heterocycles. The molecule has 2 nitrogen and oxygen atoms in total. The third kappa shape index (κ3) is 4.78. The molecule has 0 fully saturated rings. The molecule has 0 aliphatic carbocycles. The van der Waals surface area contributed by atoms with Crippen molar-refractivity contribution in [3.8, 4) is 5.75 Å². The van der Waals surface area contributed by atoms with Crippen molar-refractivity contribution in [3.05, 3.63) is 29.3 Å². The second-order valence-corrected chi connectivity index (χ2v) is 5.13. The van der Waals surface area contributed by atoms with Crippen molar-refractivity contribution in [2.24, 2.45) is 0 Å². The lowest BCUT2D eigenvalue weighted by Crippen LogP contribution is -2.27. The molecular weight excluding hydrogens is 210 g/mol. The number of hydrogen-bond donors (Lipinski definition) is 1. The van der Waals surface area contributed by atoms with E-state index in [4.69, 9.17) is 4.74 Å². The topological polar surface area (TPSA) is 21.3 Å². The first-order valence-electron chi connectivity index (χ1n) is 6.47. The van der Waals surface area contributed by atoms with E-state index in [-0.39, 0.29) is 0 Å². The Morgan fingerprint density at radius 3 is 2.47 bits per heavy atom. The molecule has 0 bridgehead atoms. The molecule has 0 aromatic heterocycles. The molecule has 1 rings (SSSR count). The maximum absolute atomic E-state index is 5.74. The minimum atomic E-state index is 0.517. The van der Waals surface area contributed by atoms with Crippen LogP contribution in [0.15, 0.2) is 18.2 Å². The van der Waals surface area contributed by atoms with E-state index >= 15 is 0 Å². The van der Waals surface area contributed by atoms with Gasteiger partial charge in [0.2, 0.25) is 0 Å². The molecular formula is C15H25NO. The van der Waals surface area contributed by atoms with E-state index in [1.54, 1.807) is 0 Å². The van der Waals surface area contributed by atoms with Gasteiger partial charge in [-0.2, -0.15) is 0 Å². The molecule has 0 saturated heterocycles. The van der Waals surface area contributed by atoms with Gasteiger partial charge >= 0.3 is 0 Å². The highest BCUT2D eigenvalue weighted by Crippen LogP contribution is 2.23. The van der Waals surface area contributed by atoms with E-state index in [1.165, 1.54) is 11.1 Å². The Morgan fingerprint density at radius 1 is 1.18 bits per heavy atom. The summed E-state index contributed by atoms with van der Waals surface area (Å²) in [6, 6.07) is 6.87. The molecule has 2 heteroatoms. The fraction of sp³-hybridized carbons (Fsp3) is 0.600. The van der Waals surface area contributed by atoms with Gasteiger partial charge in [-0.1, -0.05) is 33.8 Å². The first kappa shape index (κ1) is 14.0. The van der Waals surface area contributed by atoms with Crippen LogP contribution in [-0.2, 0) is 0 Å². The van der Waals surface area contributed by atoms with Crippen LogP contribution in [0.4, 0.5) is 0 Å². The number of aryl methyl sites for hydroxylation is 1. The maximum atomic E-state index is 5.74. The lowest BCUT2D eigenvalue weighted by molar-refractivity contribution is 0.308. The molecule has 0 heterocycles. The summed E-state index contributed by atoms with van der Waals surface area (Å²) < 4.78 is 5.74. The maximum Gasteiger partial charge on any atom is 0.119 e. The highest BCUT2D eigenvalue weighted by atomic mass is 16.5. The monoisotopic (exact) mass is 235 g/mol. The minimum Gasteiger partial charge on any atom is -0.492 e. The molecule has 0 saturated carbocycles. The molecule has 1 aromatic rings.